The summed E-state index contributed by atoms with van der Waals surface area (Å²) in [6.07, 6.45) is 0.878. The van der Waals surface area contributed by atoms with Crippen molar-refractivity contribution >= 4 is 28.5 Å². The number of halogens is 2. The molecule has 1 aliphatic carbocycles. The third-order valence-electron chi connectivity index (χ3n) is 5.06. The van der Waals surface area contributed by atoms with Crippen molar-refractivity contribution in [3.8, 4) is 17.1 Å². The maximum atomic E-state index is 14.5. The molecule has 1 heterocycles. The number of ether oxygens (including phenoxy) is 2. The smallest absolute Gasteiger partial charge is 0.306 e. The first-order valence-electron chi connectivity index (χ1n) is 9.42. The summed E-state index contributed by atoms with van der Waals surface area (Å²) in [5.74, 6) is -1.51. The fourth-order valence-electron chi connectivity index (χ4n) is 3.33. The standard InChI is InChI=1S/C22H18ClFO6/c23-16-3-1-2-15-18(25)11-20(30-21(15)16)12-4-5-19(17(24)10-12)29-7-6-28-14-8-13(9-14)22(26)27/h1-5,10-11,13-14H,6-9H2,(H,26,27). The van der Waals surface area contributed by atoms with E-state index in [-0.39, 0.29) is 47.8 Å². The molecule has 0 radical (unpaired) electrons. The Morgan fingerprint density at radius 1 is 1.20 bits per heavy atom. The predicted octanol–water partition coefficient (Wildman–Crippen LogP) is 4.51. The fourth-order valence-corrected chi connectivity index (χ4v) is 3.54. The monoisotopic (exact) mass is 432 g/mol. The van der Waals surface area contributed by atoms with E-state index in [2.05, 4.69) is 0 Å². The van der Waals surface area contributed by atoms with E-state index in [1.165, 1.54) is 18.2 Å². The maximum absolute atomic E-state index is 14.5. The van der Waals surface area contributed by atoms with Crippen molar-refractivity contribution in [2.24, 2.45) is 5.92 Å². The summed E-state index contributed by atoms with van der Waals surface area (Å²) in [6.45, 7) is 0.363. The van der Waals surface area contributed by atoms with Crippen LogP contribution in [0.1, 0.15) is 12.8 Å². The lowest BCUT2D eigenvalue weighted by Gasteiger charge is -2.31. The number of carbonyl (C=O) groups is 1. The van der Waals surface area contributed by atoms with Crippen LogP contribution in [-0.4, -0.2) is 30.4 Å². The van der Waals surface area contributed by atoms with Crippen molar-refractivity contribution in [1.82, 2.24) is 0 Å². The molecule has 3 aromatic rings. The molecule has 1 fully saturated rings. The van der Waals surface area contributed by atoms with Crippen LogP contribution in [0.15, 0.2) is 51.7 Å². The normalized spacial score (nSPS) is 18.2. The zero-order chi connectivity index (χ0) is 21.3. The molecule has 4 rings (SSSR count). The van der Waals surface area contributed by atoms with E-state index in [1.54, 1.807) is 24.3 Å². The second-order valence-corrected chi connectivity index (χ2v) is 7.49. The molecular formula is C22H18ClFO6. The highest BCUT2D eigenvalue weighted by molar-refractivity contribution is 6.34. The highest BCUT2D eigenvalue weighted by Crippen LogP contribution is 2.31. The molecule has 156 valence electrons. The topological polar surface area (TPSA) is 86.0 Å². The lowest BCUT2D eigenvalue weighted by Crippen LogP contribution is -2.37. The van der Waals surface area contributed by atoms with E-state index in [9.17, 15) is 14.0 Å². The summed E-state index contributed by atoms with van der Waals surface area (Å²) in [7, 11) is 0. The first-order valence-corrected chi connectivity index (χ1v) is 9.79. The van der Waals surface area contributed by atoms with E-state index < -0.39 is 11.8 Å². The third-order valence-corrected chi connectivity index (χ3v) is 5.36. The zero-order valence-electron chi connectivity index (χ0n) is 15.8. The van der Waals surface area contributed by atoms with Crippen LogP contribution in [0.4, 0.5) is 4.39 Å². The molecule has 30 heavy (non-hydrogen) atoms. The molecule has 0 atom stereocenters. The molecule has 0 unspecified atom stereocenters. The Bertz CT molecular complexity index is 1150. The number of carboxylic acids is 1. The van der Waals surface area contributed by atoms with Crippen molar-refractivity contribution in [3.05, 3.63) is 63.5 Å². The number of para-hydroxylation sites is 1. The Balaban J connectivity index is 1.40. The van der Waals surface area contributed by atoms with Gasteiger partial charge in [0.05, 0.1) is 29.0 Å². The molecule has 0 bridgehead atoms. The number of benzene rings is 2. The van der Waals surface area contributed by atoms with Crippen LogP contribution in [0.3, 0.4) is 0 Å². The predicted molar refractivity (Wildman–Crippen MR) is 108 cm³/mol. The molecule has 0 amide bonds. The van der Waals surface area contributed by atoms with E-state index in [1.807, 2.05) is 0 Å². The van der Waals surface area contributed by atoms with E-state index in [0.29, 0.717) is 28.8 Å². The second kappa shape index (κ2) is 8.45. The molecular weight excluding hydrogens is 415 g/mol. The van der Waals surface area contributed by atoms with Crippen molar-refractivity contribution in [2.75, 3.05) is 13.2 Å². The van der Waals surface area contributed by atoms with Gasteiger partial charge in [-0.05, 0) is 43.2 Å². The van der Waals surface area contributed by atoms with Crippen molar-refractivity contribution in [1.29, 1.82) is 0 Å². The summed E-state index contributed by atoms with van der Waals surface area (Å²) in [4.78, 5) is 23.1. The average Bonchev–Trinajstić information content (AvgIpc) is 2.67. The van der Waals surface area contributed by atoms with Gasteiger partial charge in [0, 0.05) is 11.6 Å². The van der Waals surface area contributed by atoms with E-state index >= 15 is 0 Å². The van der Waals surface area contributed by atoms with Gasteiger partial charge in [-0.3, -0.25) is 9.59 Å². The summed E-state index contributed by atoms with van der Waals surface area (Å²) < 4.78 is 31.1. The summed E-state index contributed by atoms with van der Waals surface area (Å²) in [5.41, 5.74) is 0.359. The Hall–Kier alpha value is -2.90. The van der Waals surface area contributed by atoms with Gasteiger partial charge in [0.25, 0.3) is 0 Å². The maximum Gasteiger partial charge on any atom is 0.306 e. The largest absolute Gasteiger partial charge is 0.488 e. The van der Waals surface area contributed by atoms with Gasteiger partial charge >= 0.3 is 5.97 Å². The average molecular weight is 433 g/mol. The molecule has 6 nitrogen and oxygen atoms in total. The van der Waals surface area contributed by atoms with Gasteiger partial charge in [0.2, 0.25) is 0 Å². The molecule has 0 saturated heterocycles. The number of hydrogen-bond donors (Lipinski definition) is 1. The summed E-state index contributed by atoms with van der Waals surface area (Å²) in [5, 5.41) is 9.49. The van der Waals surface area contributed by atoms with Gasteiger partial charge < -0.3 is 19.0 Å². The Morgan fingerprint density at radius 2 is 2.00 bits per heavy atom. The second-order valence-electron chi connectivity index (χ2n) is 7.08. The van der Waals surface area contributed by atoms with Gasteiger partial charge in [-0.15, -0.1) is 0 Å². The van der Waals surface area contributed by atoms with Gasteiger partial charge in [-0.25, -0.2) is 4.39 Å². The number of hydrogen-bond acceptors (Lipinski definition) is 5. The molecule has 0 spiro atoms. The highest BCUT2D eigenvalue weighted by atomic mass is 35.5. The van der Waals surface area contributed by atoms with Crippen LogP contribution in [0.2, 0.25) is 5.02 Å². The Kier molecular flexibility index (Phi) is 5.74. The number of fused-ring (bicyclic) bond motifs is 1. The number of carboxylic acid groups (broad SMARTS) is 1. The van der Waals surface area contributed by atoms with Crippen molar-refractivity contribution in [3.63, 3.8) is 0 Å². The van der Waals surface area contributed by atoms with Crippen LogP contribution in [0.5, 0.6) is 5.75 Å². The van der Waals surface area contributed by atoms with Crippen LogP contribution in [-0.2, 0) is 9.53 Å². The third kappa shape index (κ3) is 4.17. The Morgan fingerprint density at radius 3 is 2.73 bits per heavy atom. The van der Waals surface area contributed by atoms with Crippen molar-refractivity contribution < 1.29 is 28.2 Å². The lowest BCUT2D eigenvalue weighted by molar-refractivity contribution is -0.151. The minimum absolute atomic E-state index is 0.0422. The first-order chi connectivity index (χ1) is 14.4. The van der Waals surface area contributed by atoms with Crippen LogP contribution < -0.4 is 10.2 Å². The van der Waals surface area contributed by atoms with Crippen LogP contribution in [0.25, 0.3) is 22.3 Å². The molecule has 1 aliphatic rings. The van der Waals surface area contributed by atoms with E-state index in [4.69, 9.17) is 30.6 Å². The fraction of sp³-hybridized carbons (Fsp3) is 0.273. The zero-order valence-corrected chi connectivity index (χ0v) is 16.5. The van der Waals surface area contributed by atoms with Gasteiger partial charge in [0.15, 0.2) is 22.6 Å². The SMILES string of the molecule is O=C(O)C1CC(OCCOc2ccc(-c3cc(=O)c4cccc(Cl)c4o3)cc2F)C1. The van der Waals surface area contributed by atoms with Crippen molar-refractivity contribution in [2.45, 2.75) is 18.9 Å². The Labute approximate surface area is 175 Å². The van der Waals surface area contributed by atoms with Gasteiger partial charge in [0.1, 0.15) is 12.4 Å². The lowest BCUT2D eigenvalue weighted by atomic mass is 9.82. The summed E-state index contributed by atoms with van der Waals surface area (Å²) >= 11 is 6.11. The van der Waals surface area contributed by atoms with E-state index in [0.717, 1.165) is 0 Å². The first kappa shape index (κ1) is 20.4. The van der Waals surface area contributed by atoms with Crippen LogP contribution >= 0.6 is 11.6 Å². The molecule has 1 aromatic heterocycles. The molecule has 0 aliphatic heterocycles. The number of aliphatic carboxylic acids is 1. The molecule has 1 N–H and O–H groups in total. The minimum Gasteiger partial charge on any atom is -0.488 e. The highest BCUT2D eigenvalue weighted by Gasteiger charge is 2.34. The molecule has 2 aromatic carbocycles. The van der Waals surface area contributed by atoms with Crippen LogP contribution in [0, 0.1) is 11.7 Å². The van der Waals surface area contributed by atoms with Gasteiger partial charge in [-0.1, -0.05) is 17.7 Å². The minimum atomic E-state index is -0.808. The quantitative estimate of drug-likeness (QED) is 0.553. The number of rotatable bonds is 7. The molecule has 1 saturated carbocycles. The molecule has 8 heteroatoms. The van der Waals surface area contributed by atoms with Gasteiger partial charge in [-0.2, -0.15) is 0 Å². The summed E-state index contributed by atoms with van der Waals surface area (Å²) in [6, 6.07) is 10.4.